The van der Waals surface area contributed by atoms with Gasteiger partial charge in [0.2, 0.25) is 0 Å². The number of benzene rings is 2. The van der Waals surface area contributed by atoms with Gasteiger partial charge in [-0.3, -0.25) is 0 Å². The first kappa shape index (κ1) is 24.0. The van der Waals surface area contributed by atoms with E-state index in [2.05, 4.69) is 38.1 Å². The Morgan fingerprint density at radius 1 is 0.765 bits per heavy atom. The second-order valence-corrected chi connectivity index (χ2v) is 10.6. The summed E-state index contributed by atoms with van der Waals surface area (Å²) in [5, 5.41) is 30.1. The predicted octanol–water partition coefficient (Wildman–Crippen LogP) is 8.09. The molecule has 0 aliphatic heterocycles. The third-order valence-electron chi connectivity index (χ3n) is 8.77. The van der Waals surface area contributed by atoms with Crippen LogP contribution in [0.1, 0.15) is 112 Å². The summed E-state index contributed by atoms with van der Waals surface area (Å²) in [4.78, 5) is 0. The zero-order chi connectivity index (χ0) is 24.2. The minimum Gasteiger partial charge on any atom is -0.192 e. The zero-order valence-electron chi connectivity index (χ0n) is 20.7. The molecule has 5 rings (SSSR count). The monoisotopic (exact) mass is 449 g/mol. The summed E-state index contributed by atoms with van der Waals surface area (Å²) in [6.07, 6.45) is 13.9. The Bertz CT molecular complexity index is 1160. The van der Waals surface area contributed by atoms with E-state index >= 15 is 0 Å². The van der Waals surface area contributed by atoms with Gasteiger partial charge < -0.3 is 0 Å². The van der Waals surface area contributed by atoms with E-state index < -0.39 is 0 Å². The lowest BCUT2D eigenvalue weighted by Gasteiger charge is -2.54. The standard InChI is InChI=1S/C31H35N3/c1-3-5-6-7-23-8-9-24(19-25(23)20-32)26-10-11-29(28(22-34)27(26)21-33)31-16-13-30(12-4-2,14-17-31)15-18-31/h8-11,19H,3-7,12-18H2,1-2H3. The fourth-order valence-electron chi connectivity index (χ4n) is 6.72. The highest BCUT2D eigenvalue weighted by Gasteiger charge is 2.49. The molecular formula is C31H35N3. The number of fused-ring (bicyclic) bond motifs is 3. The van der Waals surface area contributed by atoms with Crippen molar-refractivity contribution in [2.45, 2.75) is 96.3 Å². The van der Waals surface area contributed by atoms with Crippen molar-refractivity contribution in [2.75, 3.05) is 0 Å². The largest absolute Gasteiger partial charge is 0.192 e. The lowest BCUT2D eigenvalue weighted by Crippen LogP contribution is -2.44. The second kappa shape index (κ2) is 10.0. The van der Waals surface area contributed by atoms with Crippen LogP contribution in [-0.2, 0) is 11.8 Å². The zero-order valence-corrected chi connectivity index (χ0v) is 20.7. The van der Waals surface area contributed by atoms with Gasteiger partial charge >= 0.3 is 0 Å². The molecule has 2 aromatic carbocycles. The third kappa shape index (κ3) is 4.24. The SMILES string of the molecule is CCCCCc1ccc(-c2ccc(C34CCC(CCC)(CC3)CC4)c(C#N)c2C#N)cc1C#N. The van der Waals surface area contributed by atoms with Gasteiger partial charge in [-0.05, 0) is 91.4 Å². The molecule has 3 heteroatoms. The number of aryl methyl sites for hydroxylation is 1. The molecule has 3 aliphatic carbocycles. The first-order chi connectivity index (χ1) is 16.5. The van der Waals surface area contributed by atoms with Crippen molar-refractivity contribution >= 4 is 0 Å². The van der Waals surface area contributed by atoms with Crippen molar-refractivity contribution in [3.05, 3.63) is 58.1 Å². The highest BCUT2D eigenvalue weighted by atomic mass is 14.5. The van der Waals surface area contributed by atoms with Crippen LogP contribution in [0.2, 0.25) is 0 Å². The minimum atomic E-state index is 0.0334. The van der Waals surface area contributed by atoms with Crippen LogP contribution in [0.3, 0.4) is 0 Å². The van der Waals surface area contributed by atoms with Crippen molar-refractivity contribution in [1.82, 2.24) is 0 Å². The highest BCUT2D eigenvalue weighted by molar-refractivity contribution is 5.76. The van der Waals surface area contributed by atoms with Crippen LogP contribution < -0.4 is 0 Å². The fraction of sp³-hybridized carbons (Fsp3) is 0.516. The van der Waals surface area contributed by atoms with E-state index in [9.17, 15) is 15.8 Å². The average Bonchev–Trinajstić information content (AvgIpc) is 2.89. The molecule has 0 radical (unpaired) electrons. The Labute approximate surface area is 205 Å². The number of unbranched alkanes of at least 4 members (excludes halogenated alkanes) is 2. The summed E-state index contributed by atoms with van der Waals surface area (Å²) in [5.74, 6) is 0. The molecule has 3 saturated carbocycles. The topological polar surface area (TPSA) is 71.4 Å². The van der Waals surface area contributed by atoms with Gasteiger partial charge in [0.15, 0.2) is 0 Å². The molecule has 34 heavy (non-hydrogen) atoms. The van der Waals surface area contributed by atoms with E-state index in [-0.39, 0.29) is 5.41 Å². The molecule has 2 bridgehead atoms. The maximum absolute atomic E-state index is 10.2. The molecule has 2 aromatic rings. The Morgan fingerprint density at radius 2 is 1.47 bits per heavy atom. The highest BCUT2D eigenvalue weighted by Crippen LogP contribution is 2.60. The molecule has 3 nitrogen and oxygen atoms in total. The quantitative estimate of drug-likeness (QED) is 0.382. The van der Waals surface area contributed by atoms with Crippen LogP contribution >= 0.6 is 0 Å². The van der Waals surface area contributed by atoms with E-state index in [1.165, 1.54) is 32.1 Å². The fourth-order valence-corrected chi connectivity index (χ4v) is 6.72. The number of rotatable bonds is 8. The van der Waals surface area contributed by atoms with Gasteiger partial charge in [-0.15, -0.1) is 0 Å². The van der Waals surface area contributed by atoms with Gasteiger partial charge in [0.1, 0.15) is 12.1 Å². The summed E-state index contributed by atoms with van der Waals surface area (Å²) < 4.78 is 0. The maximum atomic E-state index is 10.2. The third-order valence-corrected chi connectivity index (χ3v) is 8.77. The molecule has 3 fully saturated rings. The van der Waals surface area contributed by atoms with Gasteiger partial charge in [-0.2, -0.15) is 15.8 Å². The van der Waals surface area contributed by atoms with Crippen LogP contribution in [0, 0.1) is 39.4 Å². The van der Waals surface area contributed by atoms with Gasteiger partial charge in [0, 0.05) is 5.56 Å². The molecule has 0 heterocycles. The van der Waals surface area contributed by atoms with Gasteiger partial charge in [-0.1, -0.05) is 57.4 Å². The molecule has 174 valence electrons. The lowest BCUT2D eigenvalue weighted by atomic mass is 9.50. The first-order valence-electron chi connectivity index (χ1n) is 13.1. The Hall–Kier alpha value is -3.09. The Morgan fingerprint density at radius 3 is 2.06 bits per heavy atom. The normalized spacial score (nSPS) is 23.1. The molecule has 3 aliphatic rings. The van der Waals surface area contributed by atoms with Crippen LogP contribution in [-0.4, -0.2) is 0 Å². The molecule has 0 atom stereocenters. The van der Waals surface area contributed by atoms with Crippen LogP contribution in [0.5, 0.6) is 0 Å². The van der Waals surface area contributed by atoms with Crippen molar-refractivity contribution < 1.29 is 0 Å². The van der Waals surface area contributed by atoms with Crippen LogP contribution in [0.25, 0.3) is 11.1 Å². The van der Waals surface area contributed by atoms with E-state index in [4.69, 9.17) is 0 Å². The Kier molecular flexibility index (Phi) is 7.10. The Balaban J connectivity index is 1.71. The molecule has 0 saturated heterocycles. The molecule has 0 aromatic heterocycles. The number of nitrogens with zero attached hydrogens (tertiary/aromatic N) is 3. The van der Waals surface area contributed by atoms with E-state index in [1.807, 2.05) is 24.3 Å². The lowest BCUT2D eigenvalue weighted by molar-refractivity contribution is 0.0319. The van der Waals surface area contributed by atoms with Crippen molar-refractivity contribution in [2.24, 2.45) is 5.41 Å². The maximum Gasteiger partial charge on any atom is 0.101 e. The molecule has 0 amide bonds. The van der Waals surface area contributed by atoms with Crippen molar-refractivity contribution in [1.29, 1.82) is 15.8 Å². The smallest absolute Gasteiger partial charge is 0.101 e. The number of hydrogen-bond acceptors (Lipinski definition) is 3. The van der Waals surface area contributed by atoms with Gasteiger partial charge in [0.05, 0.1) is 22.8 Å². The summed E-state index contributed by atoms with van der Waals surface area (Å²) in [6.45, 7) is 4.46. The minimum absolute atomic E-state index is 0.0334. The molecule has 0 N–H and O–H groups in total. The first-order valence-corrected chi connectivity index (χ1v) is 13.1. The summed E-state index contributed by atoms with van der Waals surface area (Å²) in [5.41, 5.74) is 5.99. The molecular weight excluding hydrogens is 414 g/mol. The number of hydrogen-bond donors (Lipinski definition) is 0. The van der Waals surface area contributed by atoms with Gasteiger partial charge in [0.25, 0.3) is 0 Å². The second-order valence-electron chi connectivity index (χ2n) is 10.6. The van der Waals surface area contributed by atoms with Crippen molar-refractivity contribution in [3.63, 3.8) is 0 Å². The molecule has 0 spiro atoms. The summed E-state index contributed by atoms with van der Waals surface area (Å²) >= 11 is 0. The average molecular weight is 450 g/mol. The number of nitriles is 3. The van der Waals surface area contributed by atoms with E-state index in [0.29, 0.717) is 22.1 Å². The summed E-state index contributed by atoms with van der Waals surface area (Å²) in [7, 11) is 0. The van der Waals surface area contributed by atoms with Crippen molar-refractivity contribution in [3.8, 4) is 29.3 Å². The van der Waals surface area contributed by atoms with E-state index in [0.717, 1.165) is 67.2 Å². The van der Waals surface area contributed by atoms with Crippen LogP contribution in [0.15, 0.2) is 30.3 Å². The molecule has 0 unspecified atom stereocenters. The summed E-state index contributed by atoms with van der Waals surface area (Å²) in [6, 6.07) is 17.2. The van der Waals surface area contributed by atoms with Gasteiger partial charge in [-0.25, -0.2) is 0 Å². The van der Waals surface area contributed by atoms with E-state index in [1.54, 1.807) is 0 Å². The predicted molar refractivity (Wildman–Crippen MR) is 136 cm³/mol. The van der Waals surface area contributed by atoms with Crippen LogP contribution in [0.4, 0.5) is 0 Å².